The van der Waals surface area contributed by atoms with Crippen LogP contribution >= 0.6 is 0 Å². The first kappa shape index (κ1) is 12.9. The molecule has 0 saturated heterocycles. The predicted molar refractivity (Wildman–Crippen MR) is 70.9 cm³/mol. The zero-order valence-electron chi connectivity index (χ0n) is 10.8. The van der Waals surface area contributed by atoms with Crippen LogP contribution in [0.4, 0.5) is 0 Å². The van der Waals surface area contributed by atoms with Crippen LogP contribution in [0.15, 0.2) is 53.3 Å². The van der Waals surface area contributed by atoms with E-state index in [2.05, 4.69) is 20.2 Å². The van der Waals surface area contributed by atoms with Crippen molar-refractivity contribution in [1.29, 1.82) is 0 Å². The molecule has 0 unspecified atom stereocenters. The van der Waals surface area contributed by atoms with Crippen molar-refractivity contribution in [3.8, 4) is 11.5 Å². The van der Waals surface area contributed by atoms with Crippen molar-refractivity contribution in [2.75, 3.05) is 0 Å². The molecule has 0 spiro atoms. The molecule has 3 aromatic rings. The van der Waals surface area contributed by atoms with E-state index in [0.717, 1.165) is 5.56 Å². The van der Waals surface area contributed by atoms with Crippen molar-refractivity contribution < 1.29 is 13.9 Å². The van der Waals surface area contributed by atoms with E-state index in [4.69, 9.17) is 9.15 Å². The summed E-state index contributed by atoms with van der Waals surface area (Å²) < 4.78 is 10.4. The van der Waals surface area contributed by atoms with Gasteiger partial charge in [-0.05, 0) is 12.1 Å². The van der Waals surface area contributed by atoms with Gasteiger partial charge in [0.25, 0.3) is 5.89 Å². The molecule has 0 amide bonds. The molecule has 104 valence electrons. The van der Waals surface area contributed by atoms with Crippen LogP contribution in [0.5, 0.6) is 0 Å². The van der Waals surface area contributed by atoms with Gasteiger partial charge in [-0.3, -0.25) is 4.98 Å². The first-order valence-corrected chi connectivity index (χ1v) is 6.14. The minimum atomic E-state index is -0.595. The minimum Gasteiger partial charge on any atom is -0.451 e. The summed E-state index contributed by atoms with van der Waals surface area (Å²) in [7, 11) is 0. The fourth-order valence-electron chi connectivity index (χ4n) is 1.62. The van der Waals surface area contributed by atoms with E-state index in [1.807, 2.05) is 30.3 Å². The van der Waals surface area contributed by atoms with Crippen LogP contribution < -0.4 is 0 Å². The van der Waals surface area contributed by atoms with Gasteiger partial charge in [-0.25, -0.2) is 9.78 Å². The highest BCUT2D eigenvalue weighted by molar-refractivity contribution is 5.86. The summed E-state index contributed by atoms with van der Waals surface area (Å²) in [5.74, 6) is -0.00481. The van der Waals surface area contributed by atoms with Crippen molar-refractivity contribution >= 4 is 5.97 Å². The van der Waals surface area contributed by atoms with E-state index >= 15 is 0 Å². The van der Waals surface area contributed by atoms with E-state index in [9.17, 15) is 4.79 Å². The maximum Gasteiger partial charge on any atom is 0.359 e. The van der Waals surface area contributed by atoms with Crippen LogP contribution in [0.1, 0.15) is 16.4 Å². The normalized spacial score (nSPS) is 10.3. The molecule has 2 heterocycles. The number of hydrogen-bond acceptors (Lipinski definition) is 7. The fourth-order valence-corrected chi connectivity index (χ4v) is 1.62. The fraction of sp³-hybridized carbons (Fsp3) is 0.0714. The van der Waals surface area contributed by atoms with Crippen LogP contribution in [-0.2, 0) is 11.3 Å². The van der Waals surface area contributed by atoms with Gasteiger partial charge < -0.3 is 9.15 Å². The topological polar surface area (TPSA) is 91.0 Å². The van der Waals surface area contributed by atoms with Crippen LogP contribution in [0.3, 0.4) is 0 Å². The van der Waals surface area contributed by atoms with Crippen LogP contribution in [-0.4, -0.2) is 26.1 Å². The smallest absolute Gasteiger partial charge is 0.359 e. The second-order valence-corrected chi connectivity index (χ2v) is 4.03. The summed E-state index contributed by atoms with van der Waals surface area (Å²) >= 11 is 0. The van der Waals surface area contributed by atoms with Crippen molar-refractivity contribution in [2.45, 2.75) is 6.61 Å². The first-order chi connectivity index (χ1) is 10.3. The van der Waals surface area contributed by atoms with Gasteiger partial charge >= 0.3 is 5.97 Å². The summed E-state index contributed by atoms with van der Waals surface area (Å²) in [4.78, 5) is 19.3. The number of carbonyl (C=O) groups excluding carboxylic acids is 1. The highest BCUT2D eigenvalue weighted by Gasteiger charge is 2.12. The van der Waals surface area contributed by atoms with Gasteiger partial charge in [0.1, 0.15) is 0 Å². The molecular formula is C14H10N4O3. The van der Waals surface area contributed by atoms with Crippen molar-refractivity contribution in [2.24, 2.45) is 0 Å². The molecule has 1 aromatic carbocycles. The molecule has 2 aromatic heterocycles. The van der Waals surface area contributed by atoms with E-state index in [1.165, 1.54) is 18.6 Å². The quantitative estimate of drug-likeness (QED) is 0.674. The first-order valence-electron chi connectivity index (χ1n) is 6.14. The Kier molecular flexibility index (Phi) is 3.64. The Bertz CT molecular complexity index is 728. The molecule has 0 radical (unpaired) electrons. The largest absolute Gasteiger partial charge is 0.451 e. The highest BCUT2D eigenvalue weighted by atomic mass is 16.5. The molecule has 0 aliphatic heterocycles. The summed E-state index contributed by atoms with van der Waals surface area (Å²) in [6.45, 7) is -0.116. The maximum atomic E-state index is 11.7. The van der Waals surface area contributed by atoms with Gasteiger partial charge in [-0.15, -0.1) is 10.2 Å². The lowest BCUT2D eigenvalue weighted by Gasteiger charge is -1.99. The maximum absolute atomic E-state index is 11.7. The molecule has 7 heteroatoms. The Morgan fingerprint density at radius 3 is 2.76 bits per heavy atom. The zero-order valence-corrected chi connectivity index (χ0v) is 10.8. The second-order valence-electron chi connectivity index (χ2n) is 4.03. The third kappa shape index (κ3) is 3.08. The average Bonchev–Trinajstić information content (AvgIpc) is 3.03. The molecule has 0 bridgehead atoms. The Balaban J connectivity index is 1.64. The number of carbonyl (C=O) groups is 1. The third-order valence-corrected chi connectivity index (χ3v) is 2.59. The number of rotatable bonds is 4. The Morgan fingerprint density at radius 2 is 2.00 bits per heavy atom. The minimum absolute atomic E-state index is 0.116. The van der Waals surface area contributed by atoms with Gasteiger partial charge in [-0.2, -0.15) is 0 Å². The predicted octanol–water partition coefficient (Wildman–Crippen LogP) is 1.88. The molecule has 7 nitrogen and oxygen atoms in total. The Labute approximate surface area is 119 Å². The Hall–Kier alpha value is -3.09. The van der Waals surface area contributed by atoms with Gasteiger partial charge in [0.15, 0.2) is 12.3 Å². The molecule has 21 heavy (non-hydrogen) atoms. The summed E-state index contributed by atoms with van der Waals surface area (Å²) in [5.41, 5.74) is 0.928. The summed E-state index contributed by atoms with van der Waals surface area (Å²) in [6, 6.07) is 9.33. The van der Waals surface area contributed by atoms with Crippen molar-refractivity contribution in [3.05, 3.63) is 60.5 Å². The molecule has 0 N–H and O–H groups in total. The van der Waals surface area contributed by atoms with Crippen LogP contribution in [0.2, 0.25) is 0 Å². The lowest BCUT2D eigenvalue weighted by Crippen LogP contribution is -2.07. The van der Waals surface area contributed by atoms with E-state index in [1.54, 1.807) is 0 Å². The number of esters is 1. The highest BCUT2D eigenvalue weighted by Crippen LogP contribution is 2.17. The molecular weight excluding hydrogens is 272 g/mol. The lowest BCUT2D eigenvalue weighted by atomic mass is 10.2. The van der Waals surface area contributed by atoms with Crippen LogP contribution in [0.25, 0.3) is 11.5 Å². The Morgan fingerprint density at radius 1 is 1.14 bits per heavy atom. The van der Waals surface area contributed by atoms with Crippen molar-refractivity contribution in [3.63, 3.8) is 0 Å². The van der Waals surface area contributed by atoms with Crippen LogP contribution in [0, 0.1) is 0 Å². The molecule has 3 rings (SSSR count). The molecule has 0 atom stereocenters. The molecule has 0 saturated carbocycles. The van der Waals surface area contributed by atoms with E-state index < -0.39 is 5.97 Å². The van der Waals surface area contributed by atoms with Gasteiger partial charge in [-0.1, -0.05) is 18.2 Å². The lowest BCUT2D eigenvalue weighted by molar-refractivity contribution is 0.0431. The van der Waals surface area contributed by atoms with Gasteiger partial charge in [0.2, 0.25) is 5.89 Å². The standard InChI is InChI=1S/C14H10N4O3/c19-14(11-8-15-6-7-16-11)20-9-12-17-18-13(21-12)10-4-2-1-3-5-10/h1-8H,9H2. The summed E-state index contributed by atoms with van der Waals surface area (Å²) in [5, 5.41) is 7.73. The third-order valence-electron chi connectivity index (χ3n) is 2.59. The number of ether oxygens (including phenoxy) is 1. The monoisotopic (exact) mass is 282 g/mol. The zero-order chi connectivity index (χ0) is 14.5. The van der Waals surface area contributed by atoms with E-state index in [0.29, 0.717) is 5.89 Å². The second kappa shape index (κ2) is 5.91. The average molecular weight is 282 g/mol. The number of benzene rings is 1. The number of aromatic nitrogens is 4. The summed E-state index contributed by atoms with van der Waals surface area (Å²) in [6.07, 6.45) is 4.21. The van der Waals surface area contributed by atoms with Gasteiger partial charge in [0.05, 0.1) is 6.20 Å². The van der Waals surface area contributed by atoms with E-state index in [-0.39, 0.29) is 18.2 Å². The molecule has 0 fully saturated rings. The van der Waals surface area contributed by atoms with Crippen molar-refractivity contribution in [1.82, 2.24) is 20.2 Å². The molecule has 0 aliphatic rings. The number of nitrogens with zero attached hydrogens (tertiary/aromatic N) is 4. The number of hydrogen-bond donors (Lipinski definition) is 0. The van der Waals surface area contributed by atoms with Gasteiger partial charge in [0, 0.05) is 18.0 Å². The SMILES string of the molecule is O=C(OCc1nnc(-c2ccccc2)o1)c1cnccn1. The molecule has 0 aliphatic carbocycles.